The molecule has 20 heavy (non-hydrogen) atoms. The first-order valence-electron chi connectivity index (χ1n) is 6.23. The number of furan rings is 1. The zero-order chi connectivity index (χ0) is 13.7. The molecule has 0 amide bonds. The molecule has 2 aliphatic heterocycles. The number of rotatable bonds is 2. The van der Waals surface area contributed by atoms with Gasteiger partial charge in [-0.2, -0.15) is 0 Å². The zero-order valence-electron chi connectivity index (χ0n) is 10.7. The van der Waals surface area contributed by atoms with Crippen LogP contribution < -0.4 is 0 Å². The van der Waals surface area contributed by atoms with Crippen LogP contribution in [0.1, 0.15) is 5.56 Å². The van der Waals surface area contributed by atoms with Gasteiger partial charge in [0.05, 0.1) is 22.7 Å². The third-order valence-electron chi connectivity index (χ3n) is 3.43. The van der Waals surface area contributed by atoms with E-state index in [9.17, 15) is 0 Å². The highest BCUT2D eigenvalue weighted by Gasteiger charge is 2.33. The molecule has 0 saturated heterocycles. The van der Waals surface area contributed by atoms with Crippen molar-refractivity contribution in [2.45, 2.75) is 0 Å². The van der Waals surface area contributed by atoms with Crippen LogP contribution >= 0.6 is 35.1 Å². The predicted octanol–water partition coefficient (Wildman–Crippen LogP) is 4.49. The average Bonchev–Trinajstić information content (AvgIpc) is 3.11. The molecule has 2 aliphatic rings. The molecule has 0 bridgehead atoms. The maximum atomic E-state index is 6.25. The number of amidine groups is 1. The Kier molecular flexibility index (Phi) is 3.02. The topological polar surface area (TPSA) is 28.7 Å². The molecule has 2 aromatic rings. The maximum absolute atomic E-state index is 6.25. The van der Waals surface area contributed by atoms with Crippen LogP contribution in [0.5, 0.6) is 0 Å². The lowest BCUT2D eigenvalue weighted by atomic mass is 10.1. The van der Waals surface area contributed by atoms with Gasteiger partial charge in [0.2, 0.25) is 0 Å². The molecule has 3 heterocycles. The maximum Gasteiger partial charge on any atom is 0.169 e. The summed E-state index contributed by atoms with van der Waals surface area (Å²) >= 11 is 9.75. The number of hydrogen-bond donors (Lipinski definition) is 0. The molecule has 0 aliphatic carbocycles. The largest absolute Gasteiger partial charge is 0.464 e. The number of aliphatic imine (C=N–C) groups is 1. The molecule has 6 heteroatoms. The molecule has 1 aromatic carbocycles. The van der Waals surface area contributed by atoms with Crippen LogP contribution in [0.25, 0.3) is 16.7 Å². The Morgan fingerprint density at radius 3 is 3.20 bits per heavy atom. The molecule has 4 rings (SSSR count). The lowest BCUT2D eigenvalue weighted by molar-refractivity contribution is 0.615. The van der Waals surface area contributed by atoms with E-state index in [1.807, 2.05) is 18.2 Å². The normalized spacial score (nSPS) is 18.1. The summed E-state index contributed by atoms with van der Waals surface area (Å²) in [5.74, 6) is 0. The fraction of sp³-hybridized carbons (Fsp3) is 0.214. The van der Waals surface area contributed by atoms with Crippen LogP contribution in [0.2, 0.25) is 5.02 Å². The van der Waals surface area contributed by atoms with E-state index in [0.29, 0.717) is 5.02 Å². The molecule has 0 N–H and O–H groups in total. The van der Waals surface area contributed by atoms with E-state index in [4.69, 9.17) is 16.0 Å². The van der Waals surface area contributed by atoms with Gasteiger partial charge in [-0.25, -0.2) is 0 Å². The summed E-state index contributed by atoms with van der Waals surface area (Å²) in [5, 5.41) is 2.90. The van der Waals surface area contributed by atoms with Gasteiger partial charge in [0.1, 0.15) is 5.58 Å². The molecular formula is C14H11ClN2OS2. The van der Waals surface area contributed by atoms with Gasteiger partial charge >= 0.3 is 0 Å². The summed E-state index contributed by atoms with van der Waals surface area (Å²) in [6, 6.07) is 5.88. The highest BCUT2D eigenvalue weighted by Crippen LogP contribution is 2.48. The van der Waals surface area contributed by atoms with Crippen molar-refractivity contribution in [2.75, 3.05) is 19.3 Å². The summed E-state index contributed by atoms with van der Waals surface area (Å²) in [6.45, 7) is 1.80. The van der Waals surface area contributed by atoms with E-state index in [1.165, 1.54) is 9.93 Å². The molecule has 0 unspecified atom stereocenters. The van der Waals surface area contributed by atoms with Gasteiger partial charge in [-0.3, -0.25) is 4.99 Å². The Morgan fingerprint density at radius 2 is 2.35 bits per heavy atom. The minimum Gasteiger partial charge on any atom is -0.464 e. The van der Waals surface area contributed by atoms with Gasteiger partial charge in [0, 0.05) is 28.6 Å². The Morgan fingerprint density at radius 1 is 1.45 bits per heavy atom. The summed E-state index contributed by atoms with van der Waals surface area (Å²) in [5.41, 5.74) is 3.17. The van der Waals surface area contributed by atoms with Crippen LogP contribution in [-0.4, -0.2) is 29.4 Å². The van der Waals surface area contributed by atoms with E-state index in [0.717, 1.165) is 34.8 Å². The van der Waals surface area contributed by atoms with Gasteiger partial charge in [-0.05, 0) is 30.2 Å². The average molecular weight is 323 g/mol. The predicted molar refractivity (Wildman–Crippen MR) is 88.3 cm³/mol. The highest BCUT2D eigenvalue weighted by atomic mass is 35.5. The minimum atomic E-state index is 0.699. The van der Waals surface area contributed by atoms with Gasteiger partial charge in [0.15, 0.2) is 5.17 Å². The number of halogens is 1. The summed E-state index contributed by atoms with van der Waals surface area (Å²) in [6.07, 6.45) is 3.81. The number of thioether (sulfide) groups is 2. The second-order valence-electron chi connectivity index (χ2n) is 4.54. The van der Waals surface area contributed by atoms with Gasteiger partial charge < -0.3 is 9.32 Å². The second kappa shape index (κ2) is 4.76. The number of nitrogens with zero attached hydrogens (tertiary/aromatic N) is 2. The van der Waals surface area contributed by atoms with Crippen molar-refractivity contribution in [3.05, 3.63) is 39.3 Å². The summed E-state index contributed by atoms with van der Waals surface area (Å²) in [7, 11) is 0. The third-order valence-corrected chi connectivity index (χ3v) is 5.87. The van der Waals surface area contributed by atoms with Gasteiger partial charge in [-0.15, -0.1) is 11.8 Å². The first kappa shape index (κ1) is 12.7. The zero-order valence-corrected chi connectivity index (χ0v) is 13.1. The molecule has 0 fully saturated rings. The van der Waals surface area contributed by atoms with E-state index in [-0.39, 0.29) is 0 Å². The second-order valence-corrected chi connectivity index (χ2v) is 7.03. The molecule has 0 atom stereocenters. The molecule has 3 nitrogen and oxygen atoms in total. The van der Waals surface area contributed by atoms with E-state index >= 15 is 0 Å². The number of fused-ring (bicyclic) bond motifs is 2. The van der Waals surface area contributed by atoms with Crippen molar-refractivity contribution in [3.63, 3.8) is 0 Å². The molecular weight excluding hydrogens is 312 g/mol. The van der Waals surface area contributed by atoms with Crippen LogP contribution in [-0.2, 0) is 0 Å². The Bertz CT molecular complexity index is 766. The first-order chi connectivity index (χ1) is 9.78. The highest BCUT2D eigenvalue weighted by molar-refractivity contribution is 8.30. The van der Waals surface area contributed by atoms with Crippen LogP contribution in [0.4, 0.5) is 0 Å². The SMILES string of the molecule is CSC1=C(c2cc(Cl)cc3occc23)N2CCN=C2S1. The molecule has 0 saturated carbocycles. The number of benzene rings is 1. The van der Waals surface area contributed by atoms with Crippen molar-refractivity contribution in [2.24, 2.45) is 4.99 Å². The Balaban J connectivity index is 1.97. The van der Waals surface area contributed by atoms with Crippen molar-refractivity contribution in [3.8, 4) is 0 Å². The molecule has 0 spiro atoms. The fourth-order valence-corrected chi connectivity index (χ4v) is 4.70. The van der Waals surface area contributed by atoms with Crippen molar-refractivity contribution >= 4 is 57.0 Å². The quantitative estimate of drug-likeness (QED) is 0.814. The third kappa shape index (κ3) is 1.80. The lowest BCUT2D eigenvalue weighted by Crippen LogP contribution is -2.20. The van der Waals surface area contributed by atoms with Crippen molar-refractivity contribution < 1.29 is 4.42 Å². The smallest absolute Gasteiger partial charge is 0.169 e. The Hall–Kier alpha value is -1.04. The summed E-state index contributed by atoms with van der Waals surface area (Å²) in [4.78, 5) is 6.84. The van der Waals surface area contributed by atoms with Crippen LogP contribution in [0.15, 0.2) is 38.1 Å². The standard InChI is InChI=1S/C14H11ClN2OS2/c1-19-13-12(17-4-3-16-14(17)20-13)10-6-8(15)7-11-9(10)2-5-18-11/h2,5-7H,3-4H2,1H3. The van der Waals surface area contributed by atoms with Gasteiger partial charge in [-0.1, -0.05) is 11.6 Å². The van der Waals surface area contributed by atoms with Crippen LogP contribution in [0, 0.1) is 0 Å². The van der Waals surface area contributed by atoms with Gasteiger partial charge in [0.25, 0.3) is 0 Å². The first-order valence-corrected chi connectivity index (χ1v) is 8.65. The van der Waals surface area contributed by atoms with E-state index in [2.05, 4.69) is 16.1 Å². The summed E-state index contributed by atoms with van der Waals surface area (Å²) < 4.78 is 6.78. The number of hydrogen-bond acceptors (Lipinski definition) is 5. The molecule has 102 valence electrons. The molecule has 1 aromatic heterocycles. The lowest BCUT2D eigenvalue weighted by Gasteiger charge is -2.18. The van der Waals surface area contributed by atoms with Crippen LogP contribution in [0.3, 0.4) is 0 Å². The van der Waals surface area contributed by atoms with Crippen molar-refractivity contribution in [1.29, 1.82) is 0 Å². The van der Waals surface area contributed by atoms with E-state index < -0.39 is 0 Å². The molecule has 0 radical (unpaired) electrons. The fourth-order valence-electron chi connectivity index (χ4n) is 2.59. The van der Waals surface area contributed by atoms with E-state index in [1.54, 1.807) is 29.8 Å². The van der Waals surface area contributed by atoms with Crippen molar-refractivity contribution in [1.82, 2.24) is 4.90 Å². The monoisotopic (exact) mass is 322 g/mol. The minimum absolute atomic E-state index is 0.699. The Labute approximate surface area is 130 Å².